The number of rotatable bonds is 6. The number of hydrogen-bond donors (Lipinski definition) is 2. The number of piperazine rings is 1. The van der Waals surface area contributed by atoms with Gasteiger partial charge in [0.05, 0.1) is 16.8 Å². The highest BCUT2D eigenvalue weighted by Gasteiger charge is 2.21. The fourth-order valence-electron chi connectivity index (χ4n) is 3.58. The lowest BCUT2D eigenvalue weighted by Crippen LogP contribution is -2.48. The van der Waals surface area contributed by atoms with E-state index in [4.69, 9.17) is 28.6 Å². The topological polar surface area (TPSA) is 73.9 Å². The zero-order chi connectivity index (χ0) is 24.0. The normalized spacial score (nSPS) is 13.6. The number of amides is 2. The third-order valence-electron chi connectivity index (χ3n) is 5.18. The number of ether oxygens (including phenoxy) is 1. The second kappa shape index (κ2) is 11.3. The van der Waals surface area contributed by atoms with E-state index >= 15 is 0 Å². The number of benzene rings is 2. The molecule has 0 radical (unpaired) electrons. The highest BCUT2D eigenvalue weighted by molar-refractivity contribution is 7.80. The van der Waals surface area contributed by atoms with Crippen molar-refractivity contribution < 1.29 is 14.3 Å². The lowest BCUT2D eigenvalue weighted by molar-refractivity contribution is -0.131. The molecule has 1 saturated heterocycles. The summed E-state index contributed by atoms with van der Waals surface area (Å²) < 4.78 is 5.64. The maximum Gasteiger partial charge on any atom is 0.257 e. The Morgan fingerprint density at radius 1 is 1.12 bits per heavy atom. The SMILES string of the molecule is CCC(=O)N1CCN(c2ccc(NC(=S)NC(=O)c3cccc(OC(C)C)c3)cc2Cl)CC1. The van der Waals surface area contributed by atoms with Crippen LogP contribution in [0.4, 0.5) is 11.4 Å². The lowest BCUT2D eigenvalue weighted by atomic mass is 10.2. The standard InChI is InChI=1S/C24H29ClN4O3S/c1-4-22(30)29-12-10-28(11-13-29)21-9-8-18(15-20(21)25)26-24(33)27-23(31)17-6-5-7-19(14-17)32-16(2)3/h5-9,14-16H,4,10-13H2,1-3H3,(H2,26,27,31,33). The summed E-state index contributed by atoms with van der Waals surface area (Å²) in [6, 6.07) is 12.5. The Kier molecular flexibility index (Phi) is 8.52. The molecule has 7 nitrogen and oxygen atoms in total. The summed E-state index contributed by atoms with van der Waals surface area (Å²) in [6.45, 7) is 8.55. The van der Waals surface area contributed by atoms with Gasteiger partial charge in [-0.05, 0) is 62.5 Å². The van der Waals surface area contributed by atoms with Crippen LogP contribution in [0.3, 0.4) is 0 Å². The van der Waals surface area contributed by atoms with Crippen molar-refractivity contribution in [2.45, 2.75) is 33.3 Å². The number of carbonyl (C=O) groups excluding carboxylic acids is 2. The van der Waals surface area contributed by atoms with Crippen molar-refractivity contribution in [3.63, 3.8) is 0 Å². The average Bonchev–Trinajstić information content (AvgIpc) is 2.78. The number of halogens is 1. The quantitative estimate of drug-likeness (QED) is 0.590. The van der Waals surface area contributed by atoms with E-state index < -0.39 is 0 Å². The highest BCUT2D eigenvalue weighted by Crippen LogP contribution is 2.29. The number of nitrogens with one attached hydrogen (secondary N) is 2. The molecule has 0 saturated carbocycles. The van der Waals surface area contributed by atoms with Crippen LogP contribution in [-0.4, -0.2) is 54.1 Å². The van der Waals surface area contributed by atoms with Crippen LogP contribution < -0.4 is 20.3 Å². The molecule has 3 rings (SSSR count). The number of carbonyl (C=O) groups is 2. The minimum Gasteiger partial charge on any atom is -0.491 e. The van der Waals surface area contributed by atoms with Crippen molar-refractivity contribution in [3.05, 3.63) is 53.1 Å². The Hall–Kier alpha value is -2.84. The van der Waals surface area contributed by atoms with E-state index in [0.717, 1.165) is 18.8 Å². The van der Waals surface area contributed by atoms with Gasteiger partial charge in [-0.15, -0.1) is 0 Å². The lowest BCUT2D eigenvalue weighted by Gasteiger charge is -2.36. The predicted octanol–water partition coefficient (Wildman–Crippen LogP) is 4.31. The van der Waals surface area contributed by atoms with Gasteiger partial charge >= 0.3 is 0 Å². The summed E-state index contributed by atoms with van der Waals surface area (Å²) in [5.41, 5.74) is 2.03. The Morgan fingerprint density at radius 3 is 2.48 bits per heavy atom. The van der Waals surface area contributed by atoms with Gasteiger partial charge in [-0.1, -0.05) is 24.6 Å². The second-order valence-corrected chi connectivity index (χ2v) is 8.81. The van der Waals surface area contributed by atoms with Gasteiger partial charge in [-0.3, -0.25) is 14.9 Å². The minimum atomic E-state index is -0.330. The van der Waals surface area contributed by atoms with E-state index in [0.29, 0.717) is 41.5 Å². The first kappa shape index (κ1) is 24.8. The van der Waals surface area contributed by atoms with E-state index in [9.17, 15) is 9.59 Å². The average molecular weight is 489 g/mol. The monoisotopic (exact) mass is 488 g/mol. The summed E-state index contributed by atoms with van der Waals surface area (Å²) in [6.07, 6.45) is 0.538. The first-order valence-corrected chi connectivity index (χ1v) is 11.8. The van der Waals surface area contributed by atoms with Crippen LogP contribution in [0.15, 0.2) is 42.5 Å². The molecular weight excluding hydrogens is 460 g/mol. The molecule has 2 aromatic carbocycles. The Labute approximate surface area is 205 Å². The van der Waals surface area contributed by atoms with Gasteiger partial charge in [-0.2, -0.15) is 0 Å². The molecule has 2 aromatic rings. The van der Waals surface area contributed by atoms with Crippen molar-refractivity contribution >= 4 is 52.1 Å². The van der Waals surface area contributed by atoms with Crippen LogP contribution >= 0.6 is 23.8 Å². The summed E-state index contributed by atoms with van der Waals surface area (Å²) in [7, 11) is 0. The third-order valence-corrected chi connectivity index (χ3v) is 5.68. The van der Waals surface area contributed by atoms with E-state index in [1.807, 2.05) is 37.8 Å². The Morgan fingerprint density at radius 2 is 1.85 bits per heavy atom. The zero-order valence-corrected chi connectivity index (χ0v) is 20.6. The van der Waals surface area contributed by atoms with Crippen LogP contribution in [0.2, 0.25) is 5.02 Å². The molecule has 2 amide bonds. The smallest absolute Gasteiger partial charge is 0.257 e. The molecule has 1 aliphatic heterocycles. The first-order valence-electron chi connectivity index (χ1n) is 11.0. The Balaban J connectivity index is 1.57. The Bertz CT molecular complexity index is 1020. The summed E-state index contributed by atoms with van der Waals surface area (Å²) in [5, 5.41) is 6.42. The summed E-state index contributed by atoms with van der Waals surface area (Å²) >= 11 is 11.8. The van der Waals surface area contributed by atoms with Gasteiger partial charge in [0.2, 0.25) is 5.91 Å². The maximum atomic E-state index is 12.6. The van der Waals surface area contributed by atoms with Crippen molar-refractivity contribution in [2.75, 3.05) is 36.4 Å². The van der Waals surface area contributed by atoms with Gasteiger partial charge < -0.3 is 19.9 Å². The van der Waals surface area contributed by atoms with Crippen LogP contribution in [0.1, 0.15) is 37.6 Å². The van der Waals surface area contributed by atoms with Crippen LogP contribution in [0.25, 0.3) is 0 Å². The zero-order valence-electron chi connectivity index (χ0n) is 19.1. The van der Waals surface area contributed by atoms with Crippen molar-refractivity contribution in [1.82, 2.24) is 10.2 Å². The van der Waals surface area contributed by atoms with E-state index in [2.05, 4.69) is 15.5 Å². The van der Waals surface area contributed by atoms with Gasteiger partial charge in [0, 0.05) is 43.9 Å². The first-order chi connectivity index (χ1) is 15.8. The molecule has 33 heavy (non-hydrogen) atoms. The molecule has 0 unspecified atom stereocenters. The van der Waals surface area contributed by atoms with Crippen molar-refractivity contribution in [1.29, 1.82) is 0 Å². The van der Waals surface area contributed by atoms with Gasteiger partial charge in [0.1, 0.15) is 5.75 Å². The second-order valence-electron chi connectivity index (χ2n) is 7.99. The van der Waals surface area contributed by atoms with Gasteiger partial charge in [-0.25, -0.2) is 0 Å². The maximum absolute atomic E-state index is 12.6. The molecule has 2 N–H and O–H groups in total. The molecule has 1 aliphatic rings. The molecular formula is C24H29ClN4O3S. The van der Waals surface area contributed by atoms with Crippen molar-refractivity contribution in [3.8, 4) is 5.75 Å². The highest BCUT2D eigenvalue weighted by atomic mass is 35.5. The summed E-state index contributed by atoms with van der Waals surface area (Å²) in [5.74, 6) is 0.470. The van der Waals surface area contributed by atoms with E-state index in [1.165, 1.54) is 0 Å². The van der Waals surface area contributed by atoms with E-state index in [1.54, 1.807) is 30.3 Å². The molecule has 0 aliphatic carbocycles. The van der Waals surface area contributed by atoms with Crippen LogP contribution in [0.5, 0.6) is 5.75 Å². The van der Waals surface area contributed by atoms with Crippen molar-refractivity contribution in [2.24, 2.45) is 0 Å². The molecule has 0 aromatic heterocycles. The molecule has 176 valence electrons. The van der Waals surface area contributed by atoms with Gasteiger partial charge in [0.15, 0.2) is 5.11 Å². The molecule has 0 bridgehead atoms. The molecule has 1 fully saturated rings. The molecule has 1 heterocycles. The number of thiocarbonyl (C=S) groups is 1. The number of anilines is 2. The fraction of sp³-hybridized carbons (Fsp3) is 0.375. The summed E-state index contributed by atoms with van der Waals surface area (Å²) in [4.78, 5) is 28.5. The minimum absolute atomic E-state index is 0.0153. The third kappa shape index (κ3) is 6.82. The molecule has 9 heteroatoms. The van der Waals surface area contributed by atoms with Gasteiger partial charge in [0.25, 0.3) is 5.91 Å². The van der Waals surface area contributed by atoms with Crippen LogP contribution in [0, 0.1) is 0 Å². The molecule has 0 spiro atoms. The van der Waals surface area contributed by atoms with E-state index in [-0.39, 0.29) is 23.0 Å². The number of nitrogens with zero attached hydrogens (tertiary/aromatic N) is 2. The number of hydrogen-bond acceptors (Lipinski definition) is 5. The largest absolute Gasteiger partial charge is 0.491 e. The fourth-order valence-corrected chi connectivity index (χ4v) is 4.09. The van der Waals surface area contributed by atoms with Crippen LogP contribution in [-0.2, 0) is 4.79 Å². The predicted molar refractivity (Wildman–Crippen MR) is 136 cm³/mol. The molecule has 0 atom stereocenters.